The summed E-state index contributed by atoms with van der Waals surface area (Å²) < 4.78 is 5.36. The van der Waals surface area contributed by atoms with E-state index in [0.29, 0.717) is 11.1 Å². The van der Waals surface area contributed by atoms with Crippen molar-refractivity contribution in [2.75, 3.05) is 17.3 Å². The highest BCUT2D eigenvalue weighted by Gasteiger charge is 2.22. The van der Waals surface area contributed by atoms with E-state index in [2.05, 4.69) is 10.1 Å². The Morgan fingerprint density at radius 2 is 2.26 bits per heavy atom. The fourth-order valence-corrected chi connectivity index (χ4v) is 4.59. The number of phenolic OH excluding ortho intramolecular Hbond substituents is 1. The monoisotopic (exact) mass is 294 g/mol. The van der Waals surface area contributed by atoms with Crippen LogP contribution in [0.15, 0.2) is 22.7 Å². The molecular weight excluding hydrogens is 280 g/mol. The summed E-state index contributed by atoms with van der Waals surface area (Å²) in [4.78, 5) is 4.50. The minimum absolute atomic E-state index is 0.250. The van der Waals surface area contributed by atoms with Crippen LogP contribution in [0.4, 0.5) is 0 Å². The van der Waals surface area contributed by atoms with Gasteiger partial charge in [0.05, 0.1) is 5.25 Å². The molecule has 2 aromatic rings. The van der Waals surface area contributed by atoms with Crippen LogP contribution in [0.25, 0.3) is 11.5 Å². The van der Waals surface area contributed by atoms with Gasteiger partial charge in [-0.15, -0.1) is 11.8 Å². The molecule has 1 fully saturated rings. The molecule has 0 radical (unpaired) electrons. The van der Waals surface area contributed by atoms with Crippen molar-refractivity contribution >= 4 is 23.5 Å². The van der Waals surface area contributed by atoms with E-state index in [4.69, 9.17) is 4.52 Å². The predicted molar refractivity (Wildman–Crippen MR) is 78.7 cm³/mol. The van der Waals surface area contributed by atoms with Crippen molar-refractivity contribution in [1.82, 2.24) is 10.1 Å². The summed E-state index contributed by atoms with van der Waals surface area (Å²) in [6.07, 6.45) is 0. The van der Waals surface area contributed by atoms with Crippen LogP contribution >= 0.6 is 23.5 Å². The molecule has 1 aliphatic rings. The van der Waals surface area contributed by atoms with Crippen LogP contribution in [-0.2, 0) is 0 Å². The van der Waals surface area contributed by atoms with Gasteiger partial charge in [-0.25, -0.2) is 0 Å². The summed E-state index contributed by atoms with van der Waals surface area (Å²) in [7, 11) is 0. The second-order valence-electron chi connectivity index (χ2n) is 4.39. The third-order valence-corrected chi connectivity index (χ3v) is 5.74. The second kappa shape index (κ2) is 5.46. The molecule has 2 heterocycles. The van der Waals surface area contributed by atoms with Gasteiger partial charge in [0.2, 0.25) is 0 Å². The van der Waals surface area contributed by atoms with Crippen molar-refractivity contribution < 1.29 is 9.63 Å². The topological polar surface area (TPSA) is 59.2 Å². The van der Waals surface area contributed by atoms with Crippen molar-refractivity contribution in [3.05, 3.63) is 29.6 Å². The Bertz CT molecular complexity index is 580. The maximum atomic E-state index is 9.42. The lowest BCUT2D eigenvalue weighted by Crippen LogP contribution is -2.07. The smallest absolute Gasteiger partial charge is 0.258 e. The van der Waals surface area contributed by atoms with Crippen LogP contribution in [0.1, 0.15) is 16.6 Å². The number of phenols is 1. The van der Waals surface area contributed by atoms with Crippen LogP contribution in [-0.4, -0.2) is 32.5 Å². The fraction of sp³-hybridized carbons (Fsp3) is 0.385. The molecule has 1 unspecified atom stereocenters. The molecule has 1 saturated heterocycles. The maximum absolute atomic E-state index is 9.42. The fourth-order valence-electron chi connectivity index (χ4n) is 2.00. The number of hydrogen-bond acceptors (Lipinski definition) is 6. The minimum Gasteiger partial charge on any atom is -0.508 e. The van der Waals surface area contributed by atoms with Crippen LogP contribution < -0.4 is 0 Å². The minimum atomic E-state index is 0.250. The Morgan fingerprint density at radius 1 is 1.37 bits per heavy atom. The van der Waals surface area contributed by atoms with Crippen molar-refractivity contribution in [2.45, 2.75) is 12.2 Å². The molecule has 0 aliphatic carbocycles. The molecule has 1 aromatic carbocycles. The number of rotatable bonds is 2. The normalized spacial score (nSPS) is 19.5. The third kappa shape index (κ3) is 2.74. The van der Waals surface area contributed by atoms with Crippen LogP contribution in [0.5, 0.6) is 5.75 Å². The van der Waals surface area contributed by atoms with Gasteiger partial charge < -0.3 is 9.63 Å². The Morgan fingerprint density at radius 3 is 3.00 bits per heavy atom. The molecule has 19 heavy (non-hydrogen) atoms. The van der Waals surface area contributed by atoms with Gasteiger partial charge in [-0.1, -0.05) is 5.16 Å². The number of hydrogen-bond donors (Lipinski definition) is 1. The Balaban J connectivity index is 1.87. The average Bonchev–Trinajstić information content (AvgIpc) is 2.89. The summed E-state index contributed by atoms with van der Waals surface area (Å²) in [5.41, 5.74) is 1.81. The Labute approximate surface area is 120 Å². The zero-order valence-corrected chi connectivity index (χ0v) is 12.1. The van der Waals surface area contributed by atoms with Gasteiger partial charge in [0, 0.05) is 22.8 Å². The number of nitrogens with zero attached hydrogens (tertiary/aromatic N) is 2. The number of thioether (sulfide) groups is 2. The molecule has 1 N–H and O–H groups in total. The molecule has 0 spiro atoms. The van der Waals surface area contributed by atoms with Gasteiger partial charge in [0.1, 0.15) is 5.75 Å². The zero-order valence-electron chi connectivity index (χ0n) is 10.5. The standard InChI is InChI=1S/C13H14N2O2S2/c1-8-6-9(16)2-3-10(8)13-14-12(15-17-13)11-7-18-4-5-19-11/h2-3,6,11,16H,4-5,7H2,1H3. The van der Waals surface area contributed by atoms with Crippen molar-refractivity contribution in [3.63, 3.8) is 0 Å². The molecule has 100 valence electrons. The molecule has 1 atom stereocenters. The highest BCUT2D eigenvalue weighted by atomic mass is 32.2. The van der Waals surface area contributed by atoms with E-state index >= 15 is 0 Å². The Kier molecular flexibility index (Phi) is 3.70. The molecule has 1 aromatic heterocycles. The number of aryl methyl sites for hydroxylation is 1. The van der Waals surface area contributed by atoms with Gasteiger partial charge in [0.15, 0.2) is 5.82 Å². The van der Waals surface area contributed by atoms with Crippen molar-refractivity contribution in [3.8, 4) is 17.2 Å². The second-order valence-corrected chi connectivity index (χ2v) is 6.85. The summed E-state index contributed by atoms with van der Waals surface area (Å²) in [5.74, 6) is 4.93. The lowest BCUT2D eigenvalue weighted by molar-refractivity contribution is 0.422. The van der Waals surface area contributed by atoms with Gasteiger partial charge in [0.25, 0.3) is 5.89 Å². The predicted octanol–water partition coefficient (Wildman–Crippen LogP) is 3.27. The molecular formula is C13H14N2O2S2. The lowest BCUT2D eigenvalue weighted by atomic mass is 10.1. The quantitative estimate of drug-likeness (QED) is 0.917. The maximum Gasteiger partial charge on any atom is 0.258 e. The molecule has 3 rings (SSSR count). The van der Waals surface area contributed by atoms with Crippen LogP contribution in [0, 0.1) is 6.92 Å². The summed E-state index contributed by atoms with van der Waals surface area (Å²) in [5, 5.41) is 13.8. The number of benzene rings is 1. The number of aromatic nitrogens is 2. The first kappa shape index (κ1) is 12.9. The van der Waals surface area contributed by atoms with Crippen LogP contribution in [0.2, 0.25) is 0 Å². The van der Waals surface area contributed by atoms with E-state index in [1.807, 2.05) is 36.5 Å². The molecule has 0 saturated carbocycles. The van der Waals surface area contributed by atoms with Crippen molar-refractivity contribution in [1.29, 1.82) is 0 Å². The molecule has 6 heteroatoms. The van der Waals surface area contributed by atoms with E-state index in [1.54, 1.807) is 12.1 Å². The first-order chi connectivity index (χ1) is 9.24. The summed E-state index contributed by atoms with van der Waals surface area (Å²) >= 11 is 3.82. The van der Waals surface area contributed by atoms with E-state index in [-0.39, 0.29) is 5.75 Å². The van der Waals surface area contributed by atoms with Gasteiger partial charge in [-0.3, -0.25) is 0 Å². The van der Waals surface area contributed by atoms with E-state index < -0.39 is 0 Å². The largest absolute Gasteiger partial charge is 0.508 e. The first-order valence-electron chi connectivity index (χ1n) is 6.07. The van der Waals surface area contributed by atoms with E-state index in [0.717, 1.165) is 28.5 Å². The number of aromatic hydroxyl groups is 1. The van der Waals surface area contributed by atoms with Crippen LogP contribution in [0.3, 0.4) is 0 Å². The van der Waals surface area contributed by atoms with E-state index in [9.17, 15) is 5.11 Å². The average molecular weight is 294 g/mol. The summed E-state index contributed by atoms with van der Waals surface area (Å²) in [6, 6.07) is 5.15. The highest BCUT2D eigenvalue weighted by molar-refractivity contribution is 8.06. The zero-order chi connectivity index (χ0) is 13.2. The first-order valence-corrected chi connectivity index (χ1v) is 8.27. The molecule has 0 bridgehead atoms. The van der Waals surface area contributed by atoms with Gasteiger partial charge in [-0.2, -0.15) is 16.7 Å². The lowest BCUT2D eigenvalue weighted by Gasteiger charge is -2.16. The van der Waals surface area contributed by atoms with E-state index in [1.165, 1.54) is 5.75 Å². The summed E-state index contributed by atoms with van der Waals surface area (Å²) in [6.45, 7) is 1.92. The van der Waals surface area contributed by atoms with Crippen molar-refractivity contribution in [2.24, 2.45) is 0 Å². The van der Waals surface area contributed by atoms with Gasteiger partial charge >= 0.3 is 0 Å². The molecule has 1 aliphatic heterocycles. The highest BCUT2D eigenvalue weighted by Crippen LogP contribution is 2.36. The SMILES string of the molecule is Cc1cc(O)ccc1-c1nc(C2CSCCS2)no1. The Hall–Kier alpha value is -1.14. The third-order valence-electron chi connectivity index (χ3n) is 2.99. The molecule has 0 amide bonds. The molecule has 4 nitrogen and oxygen atoms in total. The van der Waals surface area contributed by atoms with Gasteiger partial charge in [-0.05, 0) is 30.7 Å².